The van der Waals surface area contributed by atoms with Gasteiger partial charge in [-0.1, -0.05) is 0 Å². The zero-order valence-corrected chi connectivity index (χ0v) is 11.4. The molecule has 5 unspecified atom stereocenters. The Kier molecular flexibility index (Phi) is 5.97. The molecule has 0 aromatic rings. The van der Waals surface area contributed by atoms with Crippen LogP contribution in [0.4, 0.5) is 0 Å². The summed E-state index contributed by atoms with van der Waals surface area (Å²) in [5, 5.41) is 19.5. The lowest BCUT2D eigenvalue weighted by Gasteiger charge is -2.43. The summed E-state index contributed by atoms with van der Waals surface area (Å²) in [7, 11) is 0. The number of hydrogen-bond acceptors (Lipinski definition) is 6. The van der Waals surface area contributed by atoms with Crippen LogP contribution >= 0.6 is 0 Å². The summed E-state index contributed by atoms with van der Waals surface area (Å²) in [6, 6.07) is -0.695. The summed E-state index contributed by atoms with van der Waals surface area (Å²) in [4.78, 5) is 0. The van der Waals surface area contributed by atoms with E-state index in [0.717, 1.165) is 0 Å². The molecule has 6 nitrogen and oxygen atoms in total. The molecule has 0 saturated carbocycles. The fourth-order valence-corrected chi connectivity index (χ4v) is 1.96. The van der Waals surface area contributed by atoms with Crippen LogP contribution in [0.2, 0.25) is 0 Å². The van der Waals surface area contributed by atoms with E-state index < -0.39 is 30.6 Å². The van der Waals surface area contributed by atoms with E-state index in [4.69, 9.17) is 19.9 Å². The van der Waals surface area contributed by atoms with Crippen molar-refractivity contribution in [3.8, 4) is 0 Å². The standard InChI is InChI=1S/C12H25NO5/c1-6(2)16-11-8(5-14)18-12(17-7(3)4)9(13)10(11)15/h6-12,14-15H,5,13H2,1-4H3. The average molecular weight is 263 g/mol. The van der Waals surface area contributed by atoms with Crippen LogP contribution in [0.25, 0.3) is 0 Å². The van der Waals surface area contributed by atoms with Gasteiger partial charge in [-0.05, 0) is 27.7 Å². The maximum Gasteiger partial charge on any atom is 0.176 e. The highest BCUT2D eigenvalue weighted by Crippen LogP contribution is 2.24. The molecule has 1 heterocycles. The Hall–Kier alpha value is -0.240. The van der Waals surface area contributed by atoms with E-state index >= 15 is 0 Å². The van der Waals surface area contributed by atoms with Crippen LogP contribution in [0.5, 0.6) is 0 Å². The van der Waals surface area contributed by atoms with Crippen LogP contribution in [0.15, 0.2) is 0 Å². The Morgan fingerprint density at radius 3 is 2.17 bits per heavy atom. The van der Waals surface area contributed by atoms with Gasteiger partial charge in [-0.15, -0.1) is 0 Å². The highest BCUT2D eigenvalue weighted by molar-refractivity contribution is 4.93. The van der Waals surface area contributed by atoms with E-state index in [9.17, 15) is 10.2 Å². The molecule has 0 bridgehead atoms. The van der Waals surface area contributed by atoms with E-state index in [1.54, 1.807) is 0 Å². The number of aliphatic hydroxyl groups is 2. The van der Waals surface area contributed by atoms with Crippen molar-refractivity contribution < 1.29 is 24.4 Å². The van der Waals surface area contributed by atoms with Gasteiger partial charge in [0.2, 0.25) is 0 Å². The second-order valence-electron chi connectivity index (χ2n) is 5.13. The Morgan fingerprint density at radius 2 is 1.72 bits per heavy atom. The Morgan fingerprint density at radius 1 is 1.17 bits per heavy atom. The molecule has 1 aliphatic rings. The lowest BCUT2D eigenvalue weighted by molar-refractivity contribution is -0.285. The molecule has 0 amide bonds. The molecule has 18 heavy (non-hydrogen) atoms. The van der Waals surface area contributed by atoms with Crippen LogP contribution in [-0.4, -0.2) is 59.7 Å². The minimum Gasteiger partial charge on any atom is -0.394 e. The van der Waals surface area contributed by atoms with E-state index in [1.165, 1.54) is 0 Å². The first-order chi connectivity index (χ1) is 8.36. The predicted molar refractivity (Wildman–Crippen MR) is 66.0 cm³/mol. The maximum atomic E-state index is 10.2. The fraction of sp³-hybridized carbons (Fsp3) is 1.00. The first-order valence-electron chi connectivity index (χ1n) is 6.37. The van der Waals surface area contributed by atoms with Crippen molar-refractivity contribution in [1.29, 1.82) is 0 Å². The van der Waals surface area contributed by atoms with Gasteiger partial charge < -0.3 is 30.2 Å². The van der Waals surface area contributed by atoms with E-state index in [-0.39, 0.29) is 18.8 Å². The first kappa shape index (κ1) is 15.8. The summed E-state index contributed by atoms with van der Waals surface area (Å²) in [5.41, 5.74) is 5.89. The van der Waals surface area contributed by atoms with E-state index in [1.807, 2.05) is 27.7 Å². The minimum atomic E-state index is -0.929. The van der Waals surface area contributed by atoms with Crippen molar-refractivity contribution in [3.05, 3.63) is 0 Å². The van der Waals surface area contributed by atoms with Crippen molar-refractivity contribution in [3.63, 3.8) is 0 Å². The topological polar surface area (TPSA) is 94.2 Å². The van der Waals surface area contributed by atoms with Crippen molar-refractivity contribution in [2.75, 3.05) is 6.61 Å². The van der Waals surface area contributed by atoms with E-state index in [2.05, 4.69) is 0 Å². The van der Waals surface area contributed by atoms with Crippen LogP contribution < -0.4 is 5.73 Å². The smallest absolute Gasteiger partial charge is 0.176 e. The maximum absolute atomic E-state index is 10.2. The molecule has 108 valence electrons. The van der Waals surface area contributed by atoms with Gasteiger partial charge in [0, 0.05) is 0 Å². The molecule has 6 heteroatoms. The molecular formula is C12H25NO5. The van der Waals surface area contributed by atoms with Crippen LogP contribution in [0.3, 0.4) is 0 Å². The molecule has 1 saturated heterocycles. The first-order valence-corrected chi connectivity index (χ1v) is 6.37. The number of aliphatic hydroxyl groups excluding tert-OH is 2. The van der Waals surface area contributed by atoms with Gasteiger partial charge in [0.15, 0.2) is 6.29 Å². The van der Waals surface area contributed by atoms with Gasteiger partial charge >= 0.3 is 0 Å². The highest BCUT2D eigenvalue weighted by Gasteiger charge is 2.45. The second kappa shape index (κ2) is 6.79. The quantitative estimate of drug-likeness (QED) is 0.625. The summed E-state index contributed by atoms with van der Waals surface area (Å²) >= 11 is 0. The van der Waals surface area contributed by atoms with Crippen molar-refractivity contribution >= 4 is 0 Å². The number of hydrogen-bond donors (Lipinski definition) is 3. The third kappa shape index (κ3) is 3.88. The fourth-order valence-electron chi connectivity index (χ4n) is 1.96. The molecule has 5 atom stereocenters. The zero-order valence-electron chi connectivity index (χ0n) is 11.4. The van der Waals surface area contributed by atoms with Gasteiger partial charge in [-0.25, -0.2) is 0 Å². The van der Waals surface area contributed by atoms with Gasteiger partial charge in [0.1, 0.15) is 18.3 Å². The summed E-state index contributed by atoms with van der Waals surface area (Å²) in [6.45, 7) is 7.16. The van der Waals surface area contributed by atoms with E-state index in [0.29, 0.717) is 0 Å². The number of rotatable bonds is 5. The third-order valence-electron chi connectivity index (χ3n) is 2.74. The van der Waals surface area contributed by atoms with Crippen molar-refractivity contribution in [2.24, 2.45) is 5.73 Å². The molecule has 0 aliphatic carbocycles. The minimum absolute atomic E-state index is 0.0739. The number of ether oxygens (including phenoxy) is 3. The third-order valence-corrected chi connectivity index (χ3v) is 2.74. The highest BCUT2D eigenvalue weighted by atomic mass is 16.7. The Bertz CT molecular complexity index is 247. The normalized spacial score (nSPS) is 37.5. The SMILES string of the molecule is CC(C)OC1OC(CO)C(OC(C)C)C(O)C1N. The average Bonchev–Trinajstić information content (AvgIpc) is 2.27. The molecule has 0 aromatic heterocycles. The van der Waals surface area contributed by atoms with Crippen molar-refractivity contribution in [1.82, 2.24) is 0 Å². The summed E-state index contributed by atoms with van der Waals surface area (Å²) in [5.74, 6) is 0. The Balaban J connectivity index is 2.74. The number of nitrogens with two attached hydrogens (primary N) is 1. The molecule has 4 N–H and O–H groups in total. The molecule has 0 spiro atoms. The largest absolute Gasteiger partial charge is 0.394 e. The molecule has 0 radical (unpaired) electrons. The van der Waals surface area contributed by atoms with Gasteiger partial charge in [-0.2, -0.15) is 0 Å². The molecule has 0 aromatic carbocycles. The molecular weight excluding hydrogens is 238 g/mol. The van der Waals surface area contributed by atoms with Crippen LogP contribution in [0.1, 0.15) is 27.7 Å². The lowest BCUT2D eigenvalue weighted by atomic mass is 9.97. The molecule has 1 rings (SSSR count). The second-order valence-corrected chi connectivity index (χ2v) is 5.13. The van der Waals surface area contributed by atoms with Crippen LogP contribution in [0, 0.1) is 0 Å². The zero-order chi connectivity index (χ0) is 13.9. The molecule has 1 fully saturated rings. The predicted octanol–water partition coefficient (Wildman–Crippen LogP) is -0.390. The van der Waals surface area contributed by atoms with Crippen molar-refractivity contribution in [2.45, 2.75) is 70.5 Å². The van der Waals surface area contributed by atoms with Gasteiger partial charge in [-0.3, -0.25) is 0 Å². The van der Waals surface area contributed by atoms with Gasteiger partial charge in [0.05, 0.1) is 24.9 Å². The summed E-state index contributed by atoms with van der Waals surface area (Å²) < 4.78 is 16.6. The monoisotopic (exact) mass is 263 g/mol. The molecule has 1 aliphatic heterocycles. The summed E-state index contributed by atoms with van der Waals surface area (Å²) in [6.07, 6.45) is -3.10. The van der Waals surface area contributed by atoms with Crippen LogP contribution in [-0.2, 0) is 14.2 Å². The lowest BCUT2D eigenvalue weighted by Crippen LogP contribution is -2.63. The Labute approximate surface area is 108 Å². The van der Waals surface area contributed by atoms with Gasteiger partial charge in [0.25, 0.3) is 0 Å².